The van der Waals surface area contributed by atoms with Crippen LogP contribution < -0.4 is 0 Å². The third-order valence-corrected chi connectivity index (χ3v) is 4.27. The SMILES string of the molecule is CO[C@@H]1O[C@@H]2CO[C@@H](c3ccccc3)O[C@H]2[C@H](OS(=O)(=O)O)[C@H]1F. The molecule has 0 unspecified atom stereocenters. The molecule has 0 aromatic heterocycles. The minimum atomic E-state index is -4.89. The Hall–Kier alpha value is -1.14. The predicted octanol–water partition coefficient (Wildman–Crippen LogP) is 0.998. The number of methoxy groups -OCH3 is 1. The lowest BCUT2D eigenvalue weighted by Crippen LogP contribution is -2.61. The normalized spacial score (nSPS) is 37.0. The number of alkyl halides is 1. The van der Waals surface area contributed by atoms with Crippen LogP contribution in [0, 0.1) is 0 Å². The summed E-state index contributed by atoms with van der Waals surface area (Å²) in [5.41, 5.74) is 0.672. The van der Waals surface area contributed by atoms with Gasteiger partial charge in [0, 0.05) is 12.7 Å². The Morgan fingerprint density at radius 1 is 1.25 bits per heavy atom. The van der Waals surface area contributed by atoms with E-state index in [1.54, 1.807) is 24.3 Å². The molecule has 1 aromatic rings. The molecule has 2 fully saturated rings. The molecular weight excluding hydrogens is 347 g/mol. The first-order valence-electron chi connectivity index (χ1n) is 7.19. The number of rotatable bonds is 4. The maximum absolute atomic E-state index is 14.5. The van der Waals surface area contributed by atoms with Gasteiger partial charge < -0.3 is 18.9 Å². The highest BCUT2D eigenvalue weighted by molar-refractivity contribution is 7.80. The summed E-state index contributed by atoms with van der Waals surface area (Å²) in [4.78, 5) is 0. The quantitative estimate of drug-likeness (QED) is 0.790. The van der Waals surface area contributed by atoms with Crippen LogP contribution in [0.1, 0.15) is 11.9 Å². The number of hydrogen-bond donors (Lipinski definition) is 1. The summed E-state index contributed by atoms with van der Waals surface area (Å²) in [6.45, 7) is 0.0160. The van der Waals surface area contributed by atoms with Crippen molar-refractivity contribution in [2.24, 2.45) is 0 Å². The zero-order chi connectivity index (χ0) is 17.3. The summed E-state index contributed by atoms with van der Waals surface area (Å²) in [5, 5.41) is 0. The van der Waals surface area contributed by atoms with Crippen LogP contribution in [-0.4, -0.2) is 57.5 Å². The molecule has 6 atom stereocenters. The molecule has 1 aromatic carbocycles. The summed E-state index contributed by atoms with van der Waals surface area (Å²) in [6.07, 6.45) is -7.72. The molecule has 1 N–H and O–H groups in total. The van der Waals surface area contributed by atoms with Crippen molar-refractivity contribution in [3.8, 4) is 0 Å². The monoisotopic (exact) mass is 364 g/mol. The van der Waals surface area contributed by atoms with Crippen molar-refractivity contribution >= 4 is 10.4 Å². The van der Waals surface area contributed by atoms with Crippen LogP contribution in [0.2, 0.25) is 0 Å². The molecule has 134 valence electrons. The van der Waals surface area contributed by atoms with Crippen LogP contribution >= 0.6 is 0 Å². The van der Waals surface area contributed by atoms with Crippen molar-refractivity contribution in [1.82, 2.24) is 0 Å². The minimum absolute atomic E-state index is 0.0160. The van der Waals surface area contributed by atoms with Gasteiger partial charge in [0.15, 0.2) is 18.8 Å². The fraction of sp³-hybridized carbons (Fsp3) is 0.571. The van der Waals surface area contributed by atoms with Crippen molar-refractivity contribution in [3.63, 3.8) is 0 Å². The summed E-state index contributed by atoms with van der Waals surface area (Å²) < 4.78 is 71.4. The smallest absolute Gasteiger partial charge is 0.353 e. The van der Waals surface area contributed by atoms with Crippen molar-refractivity contribution in [3.05, 3.63) is 35.9 Å². The van der Waals surface area contributed by atoms with E-state index >= 15 is 0 Å². The van der Waals surface area contributed by atoms with Crippen LogP contribution in [0.25, 0.3) is 0 Å². The highest BCUT2D eigenvalue weighted by Gasteiger charge is 2.52. The summed E-state index contributed by atoms with van der Waals surface area (Å²) in [7, 11) is -3.69. The van der Waals surface area contributed by atoms with Crippen LogP contribution in [-0.2, 0) is 33.5 Å². The van der Waals surface area contributed by atoms with E-state index < -0.39 is 47.5 Å². The third-order valence-electron chi connectivity index (χ3n) is 3.80. The Labute approximate surface area is 138 Å². The third kappa shape index (κ3) is 3.75. The zero-order valence-corrected chi connectivity index (χ0v) is 13.5. The van der Waals surface area contributed by atoms with Gasteiger partial charge in [-0.25, -0.2) is 8.57 Å². The van der Waals surface area contributed by atoms with Crippen LogP contribution in [0.3, 0.4) is 0 Å². The first-order chi connectivity index (χ1) is 11.4. The van der Waals surface area contributed by atoms with Crippen LogP contribution in [0.5, 0.6) is 0 Å². The van der Waals surface area contributed by atoms with E-state index in [1.165, 1.54) is 7.11 Å². The Kier molecular flexibility index (Phi) is 5.16. The van der Waals surface area contributed by atoms with Gasteiger partial charge in [-0.2, -0.15) is 8.42 Å². The Balaban J connectivity index is 1.84. The number of fused-ring (bicyclic) bond motifs is 1. The van der Waals surface area contributed by atoms with Gasteiger partial charge in [-0.15, -0.1) is 0 Å². The fourth-order valence-corrected chi connectivity index (χ4v) is 3.25. The molecule has 2 aliphatic rings. The molecule has 0 saturated carbocycles. The molecule has 8 nitrogen and oxygen atoms in total. The fourth-order valence-electron chi connectivity index (χ4n) is 2.75. The van der Waals surface area contributed by atoms with Gasteiger partial charge in [-0.1, -0.05) is 30.3 Å². The van der Waals surface area contributed by atoms with Gasteiger partial charge in [-0.05, 0) is 0 Å². The lowest BCUT2D eigenvalue weighted by atomic mass is 9.99. The molecule has 0 spiro atoms. The largest absolute Gasteiger partial charge is 0.397 e. The van der Waals surface area contributed by atoms with E-state index in [4.69, 9.17) is 23.5 Å². The lowest BCUT2D eigenvalue weighted by Gasteiger charge is -2.45. The molecular formula is C14H17FO8S. The van der Waals surface area contributed by atoms with Crippen molar-refractivity contribution in [1.29, 1.82) is 0 Å². The number of halogens is 1. The van der Waals surface area contributed by atoms with E-state index in [1.807, 2.05) is 6.07 Å². The maximum atomic E-state index is 14.5. The molecule has 0 bridgehead atoms. The van der Waals surface area contributed by atoms with E-state index in [9.17, 15) is 12.8 Å². The van der Waals surface area contributed by atoms with E-state index in [-0.39, 0.29) is 6.61 Å². The minimum Gasteiger partial charge on any atom is -0.353 e. The van der Waals surface area contributed by atoms with Crippen molar-refractivity contribution < 1.29 is 40.5 Å². The molecule has 2 heterocycles. The Morgan fingerprint density at radius 3 is 2.58 bits per heavy atom. The van der Waals surface area contributed by atoms with Gasteiger partial charge in [-0.3, -0.25) is 4.55 Å². The summed E-state index contributed by atoms with van der Waals surface area (Å²) in [6, 6.07) is 8.85. The molecule has 0 amide bonds. The average Bonchev–Trinajstić information content (AvgIpc) is 2.56. The predicted molar refractivity (Wildman–Crippen MR) is 77.0 cm³/mol. The van der Waals surface area contributed by atoms with Crippen LogP contribution in [0.4, 0.5) is 4.39 Å². The average molecular weight is 364 g/mol. The Morgan fingerprint density at radius 2 is 1.96 bits per heavy atom. The number of benzene rings is 1. The number of ether oxygens (including phenoxy) is 4. The van der Waals surface area contributed by atoms with E-state index in [0.717, 1.165) is 0 Å². The van der Waals surface area contributed by atoms with Gasteiger partial charge in [0.05, 0.1) is 6.61 Å². The molecule has 0 radical (unpaired) electrons. The van der Waals surface area contributed by atoms with Crippen molar-refractivity contribution in [2.75, 3.05) is 13.7 Å². The standard InChI is InChI=1S/C14H17FO8S/c1-19-14-10(15)12(23-24(16,17)18)11-9(21-14)7-20-13(22-11)8-5-3-2-4-6-8/h2-6,9-14H,7H2,1H3,(H,16,17,18)/t9-,10-,11-,12-,13-,14-/m1/s1. The molecule has 3 rings (SSSR count). The van der Waals surface area contributed by atoms with Gasteiger partial charge >= 0.3 is 10.4 Å². The zero-order valence-electron chi connectivity index (χ0n) is 12.6. The lowest BCUT2D eigenvalue weighted by molar-refractivity contribution is -0.347. The van der Waals surface area contributed by atoms with Gasteiger partial charge in [0.1, 0.15) is 18.3 Å². The Bertz CT molecular complexity index is 654. The summed E-state index contributed by atoms with van der Waals surface area (Å²) in [5.74, 6) is 0. The van der Waals surface area contributed by atoms with Crippen molar-refractivity contribution in [2.45, 2.75) is 37.1 Å². The highest BCUT2D eigenvalue weighted by atomic mass is 32.3. The van der Waals surface area contributed by atoms with Crippen LogP contribution in [0.15, 0.2) is 30.3 Å². The molecule has 10 heteroatoms. The second kappa shape index (κ2) is 7.00. The highest BCUT2D eigenvalue weighted by Crippen LogP contribution is 2.36. The van der Waals surface area contributed by atoms with Gasteiger partial charge in [0.25, 0.3) is 0 Å². The first-order valence-corrected chi connectivity index (χ1v) is 8.55. The topological polar surface area (TPSA) is 101 Å². The molecule has 24 heavy (non-hydrogen) atoms. The first kappa shape index (κ1) is 17.7. The molecule has 0 aliphatic carbocycles. The second-order valence-electron chi connectivity index (χ2n) is 5.39. The van der Waals surface area contributed by atoms with E-state index in [2.05, 4.69) is 4.18 Å². The van der Waals surface area contributed by atoms with Gasteiger partial charge in [0.2, 0.25) is 0 Å². The maximum Gasteiger partial charge on any atom is 0.397 e. The second-order valence-corrected chi connectivity index (χ2v) is 6.44. The van der Waals surface area contributed by atoms with E-state index in [0.29, 0.717) is 5.56 Å². The number of hydrogen-bond acceptors (Lipinski definition) is 7. The molecule has 2 aliphatic heterocycles. The summed E-state index contributed by atoms with van der Waals surface area (Å²) >= 11 is 0. The molecule has 2 saturated heterocycles.